The van der Waals surface area contributed by atoms with Gasteiger partial charge in [0.2, 0.25) is 0 Å². The van der Waals surface area contributed by atoms with E-state index in [0.29, 0.717) is 45.2 Å². The Morgan fingerprint density at radius 3 is 0.969 bits per heavy atom. The number of ether oxygens (including phenoxy) is 12. The summed E-state index contributed by atoms with van der Waals surface area (Å²) in [6.45, 7) is 7.52. The minimum atomic E-state index is -1.29. The van der Waals surface area contributed by atoms with E-state index in [-0.39, 0.29) is 62.3 Å². The number of aliphatic hydroxyl groups excluding tert-OH is 6. The van der Waals surface area contributed by atoms with E-state index < -0.39 is 182 Å². The molecule has 0 aromatic rings. The lowest BCUT2D eigenvalue weighted by molar-refractivity contribution is -0.307. The molecule has 0 bridgehead atoms. The number of rotatable bonds is 20. The van der Waals surface area contributed by atoms with Gasteiger partial charge in [-0.15, -0.1) is 0 Å². The second kappa shape index (κ2) is 35.8. The highest BCUT2D eigenvalue weighted by Crippen LogP contribution is 2.36. The molecule has 564 valence electrons. The van der Waals surface area contributed by atoms with E-state index >= 15 is 0 Å². The summed E-state index contributed by atoms with van der Waals surface area (Å²) in [6, 6.07) is -6.56. The summed E-state index contributed by atoms with van der Waals surface area (Å²) >= 11 is 0. The van der Waals surface area contributed by atoms with Gasteiger partial charge in [-0.25, -0.2) is 0 Å². The Balaban J connectivity index is 0.000000203. The molecule has 6 saturated heterocycles. The third-order valence-electron chi connectivity index (χ3n) is 20.5. The molecule has 0 radical (unpaired) electrons. The lowest BCUT2D eigenvalue weighted by atomic mass is 9.84. The zero-order valence-corrected chi connectivity index (χ0v) is 57.2. The van der Waals surface area contributed by atoms with Gasteiger partial charge in [0.25, 0.3) is 0 Å². The number of likely N-dealkylation sites (N-methyl/N-ethyl adjacent to an activating group) is 5. The molecule has 9 rings (SSSR count). The van der Waals surface area contributed by atoms with Crippen LogP contribution in [0.2, 0.25) is 0 Å². The van der Waals surface area contributed by atoms with Crippen LogP contribution in [0.4, 0.5) is 0 Å². The SMILES string of the molecule is CNC(C)C1CCC(N)C(OC2C(N)CC(N)C(OC3OCC(C)(O)C(NC)C3O)C2O)O1.CNC1C(O)C(OC2C(N)CC(N)C(OC3OC(CN)CCC3N)C2O)OCC1(C)O.CNCC1CCC(N)C(OC2C(N)CC(N)C(OC3OCC(C)(O)C(NC)C3O)C2O)O1. The minimum Gasteiger partial charge on any atom is -0.388 e. The van der Waals surface area contributed by atoms with Crippen molar-refractivity contribution < 1.29 is 103 Å². The van der Waals surface area contributed by atoms with E-state index in [4.69, 9.17) is 114 Å². The maximum atomic E-state index is 11.1. The van der Waals surface area contributed by atoms with Crippen LogP contribution < -0.4 is 83.9 Å². The molecule has 37 atom stereocenters. The van der Waals surface area contributed by atoms with Gasteiger partial charge in [0.05, 0.1) is 74.4 Å². The first kappa shape index (κ1) is 81.9. The van der Waals surface area contributed by atoms with Gasteiger partial charge < -0.3 is 187 Å². The summed E-state index contributed by atoms with van der Waals surface area (Å²) in [5, 5.41) is 111. The molecular weight excluding hydrogens is 1270 g/mol. The van der Waals surface area contributed by atoms with E-state index in [2.05, 4.69) is 26.6 Å². The monoisotopic (exact) mass is 1390 g/mol. The van der Waals surface area contributed by atoms with Crippen molar-refractivity contribution in [1.29, 1.82) is 0 Å². The van der Waals surface area contributed by atoms with Gasteiger partial charge in [-0.1, -0.05) is 0 Å². The Morgan fingerprint density at radius 1 is 0.396 bits per heavy atom. The topological polar surface area (TPSA) is 613 Å². The lowest BCUT2D eigenvalue weighted by Gasteiger charge is -2.48. The normalized spacial score (nSPS) is 50.7. The largest absolute Gasteiger partial charge is 0.388 e. The van der Waals surface area contributed by atoms with Crippen LogP contribution in [0.1, 0.15) is 85.5 Å². The van der Waals surface area contributed by atoms with Crippen molar-refractivity contribution in [3.8, 4) is 0 Å². The van der Waals surface area contributed by atoms with E-state index in [9.17, 15) is 46.0 Å². The predicted octanol–water partition coefficient (Wildman–Crippen LogP) is -11.0. The first-order chi connectivity index (χ1) is 45.2. The van der Waals surface area contributed by atoms with Crippen molar-refractivity contribution in [2.45, 2.75) is 310 Å². The molecule has 36 heteroatoms. The Kier molecular flexibility index (Phi) is 30.6. The number of nitrogens with one attached hydrogen (secondary N) is 5. The molecule has 3 saturated carbocycles. The number of hydrogen-bond donors (Lipinski definition) is 24. The highest BCUT2D eigenvalue weighted by molar-refractivity contribution is 5.06. The number of nitrogens with two attached hydrogens (primary N) is 10. The molecule has 0 aromatic carbocycles. The molecule has 0 amide bonds. The van der Waals surface area contributed by atoms with E-state index in [0.717, 1.165) is 25.7 Å². The molecule has 6 heterocycles. The Morgan fingerprint density at radius 2 is 0.677 bits per heavy atom. The molecule has 9 aliphatic rings. The molecule has 36 nitrogen and oxygen atoms in total. The average Bonchev–Trinajstić information content (AvgIpc) is 0.809. The fraction of sp³-hybridized carbons (Fsp3) is 1.00. The number of hydrogen-bond acceptors (Lipinski definition) is 36. The molecule has 0 aromatic heterocycles. The summed E-state index contributed by atoms with van der Waals surface area (Å²) < 4.78 is 70.5. The second-order valence-corrected chi connectivity index (χ2v) is 28.5. The summed E-state index contributed by atoms with van der Waals surface area (Å²) in [5.41, 5.74) is 57.9. The maximum Gasteiger partial charge on any atom is 0.185 e. The smallest absolute Gasteiger partial charge is 0.185 e. The van der Waals surface area contributed by atoms with Crippen LogP contribution in [0, 0.1) is 0 Å². The van der Waals surface area contributed by atoms with Crippen molar-refractivity contribution in [2.75, 3.05) is 68.1 Å². The maximum absolute atomic E-state index is 11.1. The zero-order chi connectivity index (χ0) is 71.1. The molecule has 96 heavy (non-hydrogen) atoms. The number of aliphatic hydroxyl groups is 9. The van der Waals surface area contributed by atoms with Crippen LogP contribution in [-0.4, -0.2) is 339 Å². The van der Waals surface area contributed by atoms with Gasteiger partial charge in [-0.05, 0) is 121 Å². The molecule has 34 N–H and O–H groups in total. The fourth-order valence-electron chi connectivity index (χ4n) is 14.6. The minimum absolute atomic E-state index is 0.0480. The molecule has 3 aliphatic carbocycles. The van der Waals surface area contributed by atoms with Gasteiger partial charge >= 0.3 is 0 Å². The van der Waals surface area contributed by atoms with Crippen molar-refractivity contribution in [2.24, 2.45) is 57.3 Å². The van der Waals surface area contributed by atoms with Gasteiger partial charge in [0.1, 0.15) is 90.1 Å². The predicted molar refractivity (Wildman–Crippen MR) is 346 cm³/mol. The van der Waals surface area contributed by atoms with Crippen LogP contribution in [0.25, 0.3) is 0 Å². The van der Waals surface area contributed by atoms with Crippen molar-refractivity contribution in [3.05, 3.63) is 0 Å². The Labute approximate surface area is 563 Å². The highest BCUT2D eigenvalue weighted by atomic mass is 16.7. The first-order valence-electron chi connectivity index (χ1n) is 34.0. The van der Waals surface area contributed by atoms with Crippen molar-refractivity contribution in [1.82, 2.24) is 26.6 Å². The van der Waals surface area contributed by atoms with Crippen molar-refractivity contribution >= 4 is 0 Å². The van der Waals surface area contributed by atoms with Gasteiger partial charge in [0.15, 0.2) is 37.7 Å². The molecule has 6 aliphatic heterocycles. The third-order valence-corrected chi connectivity index (χ3v) is 20.5. The van der Waals surface area contributed by atoms with Crippen LogP contribution in [0.3, 0.4) is 0 Å². The third kappa shape index (κ3) is 19.7. The van der Waals surface area contributed by atoms with Crippen LogP contribution in [-0.2, 0) is 56.8 Å². The molecule has 37 unspecified atom stereocenters. The zero-order valence-electron chi connectivity index (χ0n) is 57.2. The van der Waals surface area contributed by atoms with Crippen LogP contribution in [0.5, 0.6) is 0 Å². The first-order valence-corrected chi connectivity index (χ1v) is 34.0. The van der Waals surface area contributed by atoms with Crippen LogP contribution >= 0.6 is 0 Å². The van der Waals surface area contributed by atoms with Gasteiger partial charge in [0, 0.05) is 55.4 Å². The van der Waals surface area contributed by atoms with Crippen LogP contribution in [0.15, 0.2) is 0 Å². The summed E-state index contributed by atoms with van der Waals surface area (Å²) in [7, 11) is 8.59. The average molecular weight is 1390 g/mol. The summed E-state index contributed by atoms with van der Waals surface area (Å²) in [6.07, 6.45) is -12.8. The van der Waals surface area contributed by atoms with E-state index in [1.54, 1.807) is 41.9 Å². The molecular formula is C60H123N15O21. The lowest BCUT2D eigenvalue weighted by Crippen LogP contribution is -2.68. The van der Waals surface area contributed by atoms with E-state index in [1.807, 2.05) is 21.0 Å². The highest BCUT2D eigenvalue weighted by Gasteiger charge is 2.55. The molecule has 9 fully saturated rings. The van der Waals surface area contributed by atoms with E-state index in [1.165, 1.54) is 0 Å². The fourth-order valence-corrected chi connectivity index (χ4v) is 14.6. The Hall–Kier alpha value is -1.44. The summed E-state index contributed by atoms with van der Waals surface area (Å²) in [4.78, 5) is 0. The Bertz CT molecular complexity index is 2300. The van der Waals surface area contributed by atoms with Gasteiger partial charge in [-0.2, -0.15) is 0 Å². The van der Waals surface area contributed by atoms with Gasteiger partial charge in [-0.3, -0.25) is 0 Å². The quantitative estimate of drug-likeness (QED) is 0.0538. The second-order valence-electron chi connectivity index (χ2n) is 28.5. The van der Waals surface area contributed by atoms with Crippen molar-refractivity contribution in [3.63, 3.8) is 0 Å². The summed E-state index contributed by atoms with van der Waals surface area (Å²) in [5.74, 6) is 0. The standard InChI is InChI=1S/C21H43N5O7.C20H41N5O7.C19H39N5O7/c1-9(25-3)13-6-5-10(22)19(31-13)32-16-11(23)7-12(24)17(14(16)27)33-20-15(28)18(26-4)21(2,29)8-30-20;1-20(28)8-29-19(14(27)17(20)25-3)32-16-12(23)6-11(22)15(13(16)26)31-18-10(21)5-4-9(30-18)7-24-2;1-19(27)7-28-18(13(26)16(19)24-2)31-15-11(23)5-10(22)14(12(15)25)30-17-9(21)4-3-8(6-20)29-17/h9-20,25-29H,5-8,22-24H2,1-4H3;9-19,24-28H,4-8,21-23H2,1-3H3;8-18,24-27H,3-7,20-23H2,1-2H3. The molecule has 0 spiro atoms.